The third-order valence-corrected chi connectivity index (χ3v) is 13.2. The molecule has 7 rings (SSSR count). The molecule has 0 bridgehead atoms. The molecule has 57 heavy (non-hydrogen) atoms. The number of aryl methyl sites for hydroxylation is 2. The van der Waals surface area contributed by atoms with E-state index < -0.39 is 31.7 Å². The summed E-state index contributed by atoms with van der Waals surface area (Å²) in [6.45, 7) is 5.97. The predicted molar refractivity (Wildman–Crippen MR) is 230 cm³/mol. The van der Waals surface area contributed by atoms with Crippen molar-refractivity contribution in [3.05, 3.63) is 149 Å². The van der Waals surface area contributed by atoms with Crippen LogP contribution in [0.3, 0.4) is 0 Å². The first-order valence-corrected chi connectivity index (χ1v) is 23.6. The topological polar surface area (TPSA) is 125 Å². The fraction of sp³-hybridized carbons (Fsp3) is 0.227. The molecule has 0 saturated heterocycles. The Labute approximate surface area is 344 Å². The van der Waals surface area contributed by atoms with E-state index in [1.807, 2.05) is 72.8 Å². The normalized spacial score (nSPS) is 13.8. The lowest BCUT2D eigenvalue weighted by molar-refractivity contribution is -0.693. The first-order valence-electron chi connectivity index (χ1n) is 18.8. The van der Waals surface area contributed by atoms with Gasteiger partial charge in [0.05, 0.1) is 31.0 Å². The smallest absolute Gasteiger partial charge is 0.263 e. The third-order valence-electron chi connectivity index (χ3n) is 9.40. The molecule has 0 amide bonds. The molecule has 0 aliphatic carbocycles. The molecular weight excluding hydrogens is 795 g/mol. The van der Waals surface area contributed by atoms with E-state index in [2.05, 4.69) is 94.9 Å². The minimum Gasteiger partial charge on any atom is -0.748 e. The molecule has 0 unspecified atom stereocenters. The van der Waals surface area contributed by atoms with Gasteiger partial charge in [-0.2, -0.15) is 4.57 Å². The standard InChI is InChI=1S/C37H36N2O6S4.C7H10N/c1-2-27(23-36-38(19-9-21-48(40,41)42)32-17-15-31(26-35(32)47-36)29-13-7-4-8-14-29)24-37-39(20-10-22-49(43,44)45)33-25-30(16-18-34(33)46-37)28-11-5-3-6-12-28;1-2-8-6-4-3-5-7-8/h3-8,11-18,23-26H,2,9-10,19-22H2,1H3,(H-,40,41,42,43,44,45);3-7H,2H2,1H3/q;+1/p-1. The zero-order valence-electron chi connectivity index (χ0n) is 31.9. The number of fused-ring (bicyclic) bond motifs is 2. The Morgan fingerprint density at radius 1 is 0.719 bits per heavy atom. The maximum atomic E-state index is 11.5. The second kappa shape index (κ2) is 19.2. The van der Waals surface area contributed by atoms with Crippen LogP contribution in [0.4, 0.5) is 5.69 Å². The Hall–Kier alpha value is -4.63. The Bertz CT molecular complexity index is 2580. The molecule has 1 aliphatic rings. The Balaban J connectivity index is 0.000000612. The zero-order valence-corrected chi connectivity index (χ0v) is 35.1. The van der Waals surface area contributed by atoms with Gasteiger partial charge >= 0.3 is 0 Å². The van der Waals surface area contributed by atoms with Crippen molar-refractivity contribution in [1.29, 1.82) is 0 Å². The molecule has 1 aliphatic heterocycles. The highest BCUT2D eigenvalue weighted by atomic mass is 32.2. The minimum absolute atomic E-state index is 0.187. The Morgan fingerprint density at radius 3 is 1.91 bits per heavy atom. The number of thiazole rings is 1. The second-order valence-electron chi connectivity index (χ2n) is 13.4. The molecule has 4 aromatic carbocycles. The van der Waals surface area contributed by atoms with Gasteiger partial charge in [0.2, 0.25) is 5.52 Å². The van der Waals surface area contributed by atoms with Crippen LogP contribution in [-0.2, 0) is 33.3 Å². The number of pyridine rings is 1. The number of thioether (sulfide) groups is 1. The summed E-state index contributed by atoms with van der Waals surface area (Å²) in [7, 11) is -8.71. The van der Waals surface area contributed by atoms with Crippen LogP contribution in [0.15, 0.2) is 149 Å². The Kier molecular flexibility index (Phi) is 14.2. The van der Waals surface area contributed by atoms with Crippen molar-refractivity contribution in [3.8, 4) is 22.3 Å². The van der Waals surface area contributed by atoms with Gasteiger partial charge in [0.1, 0.15) is 11.2 Å². The lowest BCUT2D eigenvalue weighted by Crippen LogP contribution is -2.36. The molecule has 0 radical (unpaired) electrons. The summed E-state index contributed by atoms with van der Waals surface area (Å²) < 4.78 is 74.0. The predicted octanol–water partition coefficient (Wildman–Crippen LogP) is 8.63. The van der Waals surface area contributed by atoms with E-state index in [9.17, 15) is 25.9 Å². The Morgan fingerprint density at radius 2 is 1.32 bits per heavy atom. The number of benzene rings is 4. The zero-order chi connectivity index (χ0) is 40.4. The van der Waals surface area contributed by atoms with Crippen LogP contribution in [0.5, 0.6) is 0 Å². The van der Waals surface area contributed by atoms with Crippen molar-refractivity contribution in [2.24, 2.45) is 0 Å². The number of aromatic nitrogens is 2. The van der Waals surface area contributed by atoms with E-state index in [-0.39, 0.29) is 12.8 Å². The van der Waals surface area contributed by atoms with E-state index in [0.29, 0.717) is 19.5 Å². The molecule has 296 valence electrons. The maximum Gasteiger partial charge on any atom is 0.263 e. The minimum atomic E-state index is -4.36. The number of anilines is 1. The van der Waals surface area contributed by atoms with E-state index in [0.717, 1.165) is 65.2 Å². The van der Waals surface area contributed by atoms with Gasteiger partial charge in [-0.15, -0.1) is 0 Å². The van der Waals surface area contributed by atoms with Crippen molar-refractivity contribution in [3.63, 3.8) is 0 Å². The first-order chi connectivity index (χ1) is 27.4. The van der Waals surface area contributed by atoms with E-state index >= 15 is 0 Å². The molecular formula is C44H45N3O6S4. The monoisotopic (exact) mass is 839 g/mol. The highest BCUT2D eigenvalue weighted by molar-refractivity contribution is 8.03. The summed E-state index contributed by atoms with van der Waals surface area (Å²) in [5.74, 6) is -0.890. The molecule has 13 heteroatoms. The van der Waals surface area contributed by atoms with Gasteiger partial charge in [0.25, 0.3) is 5.01 Å². The van der Waals surface area contributed by atoms with Crippen LogP contribution >= 0.6 is 23.1 Å². The van der Waals surface area contributed by atoms with Crippen molar-refractivity contribution in [2.75, 3.05) is 23.0 Å². The highest BCUT2D eigenvalue weighted by Crippen LogP contribution is 2.48. The molecule has 0 spiro atoms. The van der Waals surface area contributed by atoms with Gasteiger partial charge in [-0.05, 0) is 77.9 Å². The van der Waals surface area contributed by atoms with Crippen LogP contribution in [0, 0.1) is 0 Å². The molecule has 0 atom stereocenters. The number of hydrogen-bond acceptors (Lipinski definition) is 9. The number of rotatable bonds is 14. The van der Waals surface area contributed by atoms with Crippen LogP contribution in [0.25, 0.3) is 38.5 Å². The number of allylic oxidation sites excluding steroid dienone is 2. The van der Waals surface area contributed by atoms with Gasteiger partial charge in [0, 0.05) is 53.6 Å². The third kappa shape index (κ3) is 11.7. The number of hydrogen-bond donors (Lipinski definition) is 0. The van der Waals surface area contributed by atoms with E-state index in [1.54, 1.807) is 23.1 Å². The van der Waals surface area contributed by atoms with Crippen LogP contribution in [0.1, 0.15) is 38.1 Å². The van der Waals surface area contributed by atoms with Gasteiger partial charge in [-0.3, -0.25) is 0 Å². The molecule has 0 fully saturated rings. The van der Waals surface area contributed by atoms with Gasteiger partial charge in [0.15, 0.2) is 18.9 Å². The summed E-state index contributed by atoms with van der Waals surface area (Å²) in [6.07, 6.45) is 9.39. The van der Waals surface area contributed by atoms with Crippen LogP contribution in [0.2, 0.25) is 0 Å². The molecule has 3 heterocycles. The summed E-state index contributed by atoms with van der Waals surface area (Å²) in [6, 6.07) is 38.7. The van der Waals surface area contributed by atoms with Crippen molar-refractivity contribution in [1.82, 2.24) is 0 Å². The summed E-state index contributed by atoms with van der Waals surface area (Å²) in [5, 5.41) is 1.85. The van der Waals surface area contributed by atoms with E-state index in [1.165, 1.54) is 0 Å². The van der Waals surface area contributed by atoms with Crippen LogP contribution in [-0.4, -0.2) is 44.0 Å². The lowest BCUT2D eigenvalue weighted by Gasteiger charge is -2.22. The van der Waals surface area contributed by atoms with Gasteiger partial charge in [-0.25, -0.2) is 21.4 Å². The van der Waals surface area contributed by atoms with Crippen molar-refractivity contribution >= 4 is 65.3 Å². The van der Waals surface area contributed by atoms with E-state index in [4.69, 9.17) is 0 Å². The fourth-order valence-corrected chi connectivity index (χ4v) is 9.82. The molecule has 0 saturated carbocycles. The lowest BCUT2D eigenvalue weighted by atomic mass is 10.0. The second-order valence-corrected chi connectivity index (χ2v) is 18.6. The highest BCUT2D eigenvalue weighted by Gasteiger charge is 2.27. The van der Waals surface area contributed by atoms with Crippen molar-refractivity contribution < 1.29 is 35.1 Å². The maximum absolute atomic E-state index is 11.5. The molecule has 2 aromatic heterocycles. The largest absolute Gasteiger partial charge is 0.748 e. The summed E-state index contributed by atoms with van der Waals surface area (Å²) in [5.41, 5.74) is 7.20. The molecule has 0 N–H and O–H groups in total. The quantitative estimate of drug-likeness (QED) is 0.0789. The van der Waals surface area contributed by atoms with Gasteiger partial charge in [-0.1, -0.05) is 103 Å². The van der Waals surface area contributed by atoms with Crippen molar-refractivity contribution in [2.45, 2.75) is 51.1 Å². The summed E-state index contributed by atoms with van der Waals surface area (Å²) >= 11 is 3.20. The molecule has 9 nitrogen and oxygen atoms in total. The first kappa shape index (κ1) is 42.0. The number of nitrogens with zero attached hydrogens (tertiary/aromatic N) is 3. The van der Waals surface area contributed by atoms with Gasteiger partial charge < -0.3 is 14.0 Å². The summed E-state index contributed by atoms with van der Waals surface area (Å²) in [4.78, 5) is 3.13. The SMILES string of the molecule is CCC(=C\c1sc2cc(-c3ccccc3)ccc2[n+]1CCCS(=O)(=O)[O-])/C=C1/Sc2ccc(-c3ccccc3)cc2N1CCCS(=O)(=O)[O-].CC[n+]1ccccc1. The average Bonchev–Trinajstić information content (AvgIpc) is 3.73. The average molecular weight is 840 g/mol. The fourth-order valence-electron chi connectivity index (χ4n) is 6.51. The molecule has 6 aromatic rings. The van der Waals surface area contributed by atoms with Crippen LogP contribution < -0.4 is 14.0 Å².